The Hall–Kier alpha value is -1.80. The number of rotatable bonds is 7. The second kappa shape index (κ2) is 7.84. The zero-order valence-corrected chi connectivity index (χ0v) is 16.0. The van der Waals surface area contributed by atoms with Gasteiger partial charge in [0.2, 0.25) is 0 Å². The molecule has 1 saturated carbocycles. The maximum atomic E-state index is 6.60. The van der Waals surface area contributed by atoms with Crippen LogP contribution in [-0.2, 0) is 6.42 Å². The number of hydrogen-bond donors (Lipinski definition) is 0. The third-order valence-corrected chi connectivity index (χ3v) is 6.35. The van der Waals surface area contributed by atoms with Gasteiger partial charge in [-0.1, -0.05) is 55.0 Å². The highest BCUT2D eigenvalue weighted by atomic mass is 16.5. The van der Waals surface area contributed by atoms with Crippen molar-refractivity contribution in [2.24, 2.45) is 0 Å². The quantitative estimate of drug-likeness (QED) is 0.661. The molecule has 138 valence electrons. The fourth-order valence-electron chi connectivity index (χ4n) is 4.89. The van der Waals surface area contributed by atoms with Crippen LogP contribution in [0.1, 0.15) is 55.6 Å². The molecule has 0 spiro atoms. The maximum absolute atomic E-state index is 6.60. The number of para-hydroxylation sites is 1. The van der Waals surface area contributed by atoms with Crippen molar-refractivity contribution in [3.05, 3.63) is 65.7 Å². The normalized spacial score (nSPS) is 24.2. The summed E-state index contributed by atoms with van der Waals surface area (Å²) in [5, 5.41) is 0. The summed E-state index contributed by atoms with van der Waals surface area (Å²) < 4.78 is 6.60. The van der Waals surface area contributed by atoms with E-state index in [0.29, 0.717) is 5.92 Å². The molecule has 26 heavy (non-hydrogen) atoms. The Morgan fingerprint density at radius 3 is 2.69 bits per heavy atom. The zero-order valence-electron chi connectivity index (χ0n) is 16.0. The Morgan fingerprint density at radius 2 is 1.81 bits per heavy atom. The lowest BCUT2D eigenvalue weighted by atomic mass is 9.72. The van der Waals surface area contributed by atoms with Crippen molar-refractivity contribution >= 4 is 0 Å². The van der Waals surface area contributed by atoms with Crippen LogP contribution in [0.2, 0.25) is 0 Å². The average Bonchev–Trinajstić information content (AvgIpc) is 3.02. The molecule has 0 saturated heterocycles. The molecule has 2 nitrogen and oxygen atoms in total. The summed E-state index contributed by atoms with van der Waals surface area (Å²) >= 11 is 0. The SMILES string of the molecule is CN(CCCc1ccccc1)CC[C@@]12CCCC[C@@H]1c1ccccc1O2. The van der Waals surface area contributed by atoms with Crippen LogP contribution in [0.25, 0.3) is 0 Å². The molecular formula is C24H31NO. The number of aryl methyl sites for hydroxylation is 1. The second-order valence-corrected chi connectivity index (χ2v) is 8.15. The Labute approximate surface area is 158 Å². The first-order valence-corrected chi connectivity index (χ1v) is 10.3. The van der Waals surface area contributed by atoms with E-state index in [-0.39, 0.29) is 5.60 Å². The van der Waals surface area contributed by atoms with Crippen molar-refractivity contribution in [3.63, 3.8) is 0 Å². The lowest BCUT2D eigenvalue weighted by Gasteiger charge is -2.39. The second-order valence-electron chi connectivity index (χ2n) is 8.15. The van der Waals surface area contributed by atoms with Gasteiger partial charge >= 0.3 is 0 Å². The van der Waals surface area contributed by atoms with Gasteiger partial charge in [-0.3, -0.25) is 0 Å². The molecule has 0 radical (unpaired) electrons. The minimum atomic E-state index is 0.0512. The summed E-state index contributed by atoms with van der Waals surface area (Å²) in [5.74, 6) is 1.75. The molecular weight excluding hydrogens is 318 g/mol. The van der Waals surface area contributed by atoms with Gasteiger partial charge in [0.05, 0.1) is 0 Å². The fourth-order valence-corrected chi connectivity index (χ4v) is 4.89. The predicted octanol–water partition coefficient (Wildman–Crippen LogP) is 5.43. The number of nitrogens with zero attached hydrogens (tertiary/aromatic N) is 1. The van der Waals surface area contributed by atoms with E-state index in [4.69, 9.17) is 4.74 Å². The van der Waals surface area contributed by atoms with E-state index in [0.717, 1.165) is 25.3 Å². The van der Waals surface area contributed by atoms with E-state index in [1.807, 2.05) is 0 Å². The molecule has 0 N–H and O–H groups in total. The van der Waals surface area contributed by atoms with Gasteiger partial charge in [0.1, 0.15) is 11.4 Å². The minimum Gasteiger partial charge on any atom is -0.486 e. The van der Waals surface area contributed by atoms with Crippen LogP contribution in [0.4, 0.5) is 0 Å². The predicted molar refractivity (Wildman–Crippen MR) is 108 cm³/mol. The van der Waals surface area contributed by atoms with Crippen LogP contribution >= 0.6 is 0 Å². The molecule has 0 bridgehead atoms. The summed E-state index contributed by atoms with van der Waals surface area (Å²) in [6.45, 7) is 2.28. The van der Waals surface area contributed by atoms with Gasteiger partial charge < -0.3 is 9.64 Å². The smallest absolute Gasteiger partial charge is 0.123 e. The van der Waals surface area contributed by atoms with E-state index in [1.54, 1.807) is 0 Å². The summed E-state index contributed by atoms with van der Waals surface area (Å²) in [5.41, 5.74) is 2.95. The first-order chi connectivity index (χ1) is 12.8. The first-order valence-electron chi connectivity index (χ1n) is 10.3. The van der Waals surface area contributed by atoms with Crippen LogP contribution in [0, 0.1) is 0 Å². The van der Waals surface area contributed by atoms with E-state index in [2.05, 4.69) is 66.5 Å². The highest BCUT2D eigenvalue weighted by molar-refractivity contribution is 5.43. The molecule has 2 aromatic rings. The molecule has 1 aliphatic carbocycles. The molecule has 0 aromatic heterocycles. The molecule has 2 heteroatoms. The Kier molecular flexibility index (Phi) is 5.31. The van der Waals surface area contributed by atoms with Crippen molar-refractivity contribution in [1.29, 1.82) is 0 Å². The Bertz CT molecular complexity index is 713. The summed E-state index contributed by atoms with van der Waals surface area (Å²) in [7, 11) is 2.27. The highest BCUT2D eigenvalue weighted by Gasteiger charge is 2.48. The van der Waals surface area contributed by atoms with Gasteiger partial charge in [0, 0.05) is 24.4 Å². The van der Waals surface area contributed by atoms with E-state index >= 15 is 0 Å². The van der Waals surface area contributed by atoms with Gasteiger partial charge in [-0.15, -0.1) is 0 Å². The first kappa shape index (κ1) is 17.6. The van der Waals surface area contributed by atoms with Gasteiger partial charge in [0.25, 0.3) is 0 Å². The van der Waals surface area contributed by atoms with Crippen LogP contribution in [0.5, 0.6) is 5.75 Å². The Balaban J connectivity index is 1.32. The monoisotopic (exact) mass is 349 g/mol. The summed E-state index contributed by atoms with van der Waals surface area (Å²) in [6, 6.07) is 19.6. The number of ether oxygens (including phenoxy) is 1. The van der Waals surface area contributed by atoms with Gasteiger partial charge in [0.15, 0.2) is 0 Å². The molecule has 0 unspecified atom stereocenters. The molecule has 2 atom stereocenters. The zero-order chi connectivity index (χ0) is 17.8. The summed E-state index contributed by atoms with van der Waals surface area (Å²) in [6.07, 6.45) is 8.69. The van der Waals surface area contributed by atoms with Gasteiger partial charge in [-0.2, -0.15) is 0 Å². The van der Waals surface area contributed by atoms with E-state index in [9.17, 15) is 0 Å². The number of hydrogen-bond acceptors (Lipinski definition) is 2. The lowest BCUT2D eigenvalue weighted by Crippen LogP contribution is -2.43. The van der Waals surface area contributed by atoms with Gasteiger partial charge in [-0.05, 0) is 57.3 Å². The van der Waals surface area contributed by atoms with Crippen LogP contribution < -0.4 is 4.74 Å². The van der Waals surface area contributed by atoms with Crippen LogP contribution in [-0.4, -0.2) is 30.6 Å². The Morgan fingerprint density at radius 1 is 1.00 bits per heavy atom. The molecule has 1 fully saturated rings. The molecule has 1 aliphatic heterocycles. The third kappa shape index (κ3) is 3.66. The van der Waals surface area contributed by atoms with Gasteiger partial charge in [-0.25, -0.2) is 0 Å². The van der Waals surface area contributed by atoms with Crippen molar-refractivity contribution in [2.75, 3.05) is 20.1 Å². The van der Waals surface area contributed by atoms with Crippen molar-refractivity contribution in [2.45, 2.75) is 56.5 Å². The topological polar surface area (TPSA) is 12.5 Å². The molecule has 1 heterocycles. The lowest BCUT2D eigenvalue weighted by molar-refractivity contribution is 0.0197. The molecule has 0 amide bonds. The molecule has 4 rings (SSSR count). The standard InChI is InChI=1S/C24H31NO/c1-25(18-9-12-20-10-3-2-4-11-20)19-17-24-16-8-7-14-22(24)21-13-5-6-15-23(21)26-24/h2-6,10-11,13,15,22H,7-9,12,14,16-19H2,1H3/t22-,24+/m1/s1. The van der Waals surface area contributed by atoms with E-state index in [1.165, 1.54) is 49.7 Å². The minimum absolute atomic E-state index is 0.0512. The fraction of sp³-hybridized carbons (Fsp3) is 0.500. The van der Waals surface area contributed by atoms with Crippen LogP contribution in [0.15, 0.2) is 54.6 Å². The highest BCUT2D eigenvalue weighted by Crippen LogP contribution is 2.53. The van der Waals surface area contributed by atoms with E-state index < -0.39 is 0 Å². The van der Waals surface area contributed by atoms with Crippen molar-refractivity contribution in [3.8, 4) is 5.75 Å². The average molecular weight is 350 g/mol. The van der Waals surface area contributed by atoms with Crippen LogP contribution in [0.3, 0.4) is 0 Å². The van der Waals surface area contributed by atoms with Crippen molar-refractivity contribution < 1.29 is 4.74 Å². The summed E-state index contributed by atoms with van der Waals surface area (Å²) in [4.78, 5) is 2.50. The molecule has 2 aromatic carbocycles. The number of fused-ring (bicyclic) bond motifs is 3. The maximum Gasteiger partial charge on any atom is 0.123 e. The number of benzene rings is 2. The largest absolute Gasteiger partial charge is 0.486 e. The van der Waals surface area contributed by atoms with Crippen molar-refractivity contribution in [1.82, 2.24) is 4.90 Å². The molecule has 2 aliphatic rings. The third-order valence-electron chi connectivity index (χ3n) is 6.35.